The Morgan fingerprint density at radius 3 is 2.22 bits per heavy atom. The molecule has 30 nitrogen and oxygen atoms in total. The molecule has 22 atom stereocenters. The molecule has 0 aromatic rings. The summed E-state index contributed by atoms with van der Waals surface area (Å²) >= 11 is 0. The Morgan fingerprint density at radius 2 is 1.53 bits per heavy atom. The van der Waals surface area contributed by atoms with E-state index < -0.39 is 165 Å². The van der Waals surface area contributed by atoms with Gasteiger partial charge in [0.05, 0.1) is 81.2 Å². The average Bonchev–Trinajstić information content (AvgIpc) is 1.68. The Hall–Kier alpha value is -3.57. The van der Waals surface area contributed by atoms with Gasteiger partial charge in [0.2, 0.25) is 5.79 Å². The van der Waals surface area contributed by atoms with Crippen LogP contribution in [-0.4, -0.2) is 228 Å². The molecule has 0 radical (unpaired) electrons. The van der Waals surface area contributed by atoms with E-state index in [4.69, 9.17) is 51.7 Å². The number of aliphatic hydroxyl groups is 7. The topological polar surface area (TPSA) is 450 Å². The Morgan fingerprint density at radius 1 is 0.808 bits per heavy atom. The Balaban J connectivity index is 0.788. The van der Waals surface area contributed by atoms with Crippen molar-refractivity contribution in [2.45, 2.75) is 284 Å². The summed E-state index contributed by atoms with van der Waals surface area (Å²) in [4.78, 5) is 25.7. The summed E-state index contributed by atoms with van der Waals surface area (Å²) in [7, 11) is -15.9. The minimum atomic E-state index is -5.46. The lowest BCUT2D eigenvalue weighted by Gasteiger charge is -2.50. The second-order valence-electron chi connectivity index (χ2n) is 28.0. The lowest BCUT2D eigenvalue weighted by atomic mass is 9.79. The standard InChI is InChI=1S/C66H104O30S3/c1-40(16-10-9-14-30-85-56(72)18-12-8-11-17-46(67)34-49(95-98(79,80)81)35-51(69)60(96-99(82,83)84)52(70)39-88-97(76,77)78)38-86-62(74)63(7,75)37-48-21-22-55(71)66(91-48)36-41(2)32-54(92-66)42(3)19-20-47-24-28-65(90-47)29-25-53-61(94-65)57(73)45(6)59(89-53)50(68)33-44(5)58-43(4)23-27-64(93-58)26-13-15-31-87-64/h8-10,12,16,19-20,36,42-44,46-55,57-61,67-71,73,75H,6,11,13-15,17-18,21-35,37-39H2,1-5,7H3,(H,76,77,78)(H,79,80,81)(H,82,83,84)/b10-9+,12-8+,20-19+,40-16+. The van der Waals surface area contributed by atoms with Crippen molar-refractivity contribution in [2.75, 3.05) is 26.4 Å². The minimum absolute atomic E-state index is 0.00671. The van der Waals surface area contributed by atoms with Crippen molar-refractivity contribution in [3.05, 3.63) is 71.9 Å². The van der Waals surface area contributed by atoms with Crippen LogP contribution in [0.2, 0.25) is 0 Å². The molecule has 3 spiro atoms. The Kier molecular flexibility index (Phi) is 30.0. The Labute approximate surface area is 580 Å². The average molecular weight is 1470 g/mol. The van der Waals surface area contributed by atoms with Crippen LogP contribution >= 0.6 is 0 Å². The highest BCUT2D eigenvalue weighted by Gasteiger charge is 2.55. The van der Waals surface area contributed by atoms with Crippen molar-refractivity contribution in [3.8, 4) is 0 Å². The SMILES string of the molecule is C=C1C(O)C2OC3(CCC(/C=C/C(C)C4CC(C)=CC5(OC(CC(C)(O)C(=O)OC/C(C)=C/C=C/CCOC(=O)C/C=C/CCC(O)CC(CC(O)C(OS(=O)(=O)O)C(O)COS(=O)(=O)O)OS(=O)(=O)O)CCC5O)O4)O3)CCC2OC1C(O)CC(C)C1OC2(CCCCO2)CCC1C. The first kappa shape index (κ1) is 82.7. The van der Waals surface area contributed by atoms with Crippen molar-refractivity contribution < 1.29 is 139 Å². The van der Waals surface area contributed by atoms with Crippen LogP contribution in [0.5, 0.6) is 0 Å². The van der Waals surface area contributed by atoms with Gasteiger partial charge >= 0.3 is 43.1 Å². The molecule has 7 aliphatic rings. The summed E-state index contributed by atoms with van der Waals surface area (Å²) in [5.74, 6) is -4.37. The van der Waals surface area contributed by atoms with Crippen LogP contribution in [0.15, 0.2) is 71.9 Å². The molecule has 6 saturated heterocycles. The minimum Gasteiger partial charge on any atom is -0.465 e. The highest BCUT2D eigenvalue weighted by atomic mass is 32.3. The molecule has 33 heteroatoms. The van der Waals surface area contributed by atoms with Crippen LogP contribution in [0.25, 0.3) is 0 Å². The van der Waals surface area contributed by atoms with Crippen molar-refractivity contribution in [1.82, 2.24) is 0 Å². The zero-order chi connectivity index (χ0) is 72.9. The molecule has 0 bridgehead atoms. The summed E-state index contributed by atoms with van der Waals surface area (Å²) in [5, 5.41) is 77.5. The lowest BCUT2D eigenvalue weighted by Crippen LogP contribution is -2.60. The van der Waals surface area contributed by atoms with Crippen LogP contribution in [0, 0.1) is 17.8 Å². The maximum absolute atomic E-state index is 13.3. The van der Waals surface area contributed by atoms with Gasteiger partial charge in [-0.15, -0.1) is 0 Å². The van der Waals surface area contributed by atoms with Crippen LogP contribution in [0.1, 0.15) is 170 Å². The fourth-order valence-corrected chi connectivity index (χ4v) is 15.4. The third-order valence-electron chi connectivity index (χ3n) is 19.3. The summed E-state index contributed by atoms with van der Waals surface area (Å²) < 4.78 is 164. The lowest BCUT2D eigenvalue weighted by molar-refractivity contribution is -0.321. The van der Waals surface area contributed by atoms with Gasteiger partial charge in [-0.3, -0.25) is 18.5 Å². The van der Waals surface area contributed by atoms with E-state index in [-0.39, 0.29) is 69.4 Å². The molecule has 6 fully saturated rings. The van der Waals surface area contributed by atoms with E-state index in [0.717, 1.165) is 37.7 Å². The zero-order valence-electron chi connectivity index (χ0n) is 57.1. The summed E-state index contributed by atoms with van der Waals surface area (Å²) in [6.07, 6.45) is 4.04. The number of allylic oxidation sites excluding steroid dienone is 3. The van der Waals surface area contributed by atoms with Gasteiger partial charge in [0.15, 0.2) is 17.2 Å². The maximum atomic E-state index is 13.3. The highest BCUT2D eigenvalue weighted by molar-refractivity contribution is 7.81. The van der Waals surface area contributed by atoms with Gasteiger partial charge in [-0.1, -0.05) is 75.5 Å². The molecular weight excluding hydrogens is 1370 g/mol. The summed E-state index contributed by atoms with van der Waals surface area (Å²) in [5.41, 5.74) is -0.0379. The molecule has 99 heavy (non-hydrogen) atoms. The smallest absolute Gasteiger partial charge is 0.397 e. The highest BCUT2D eigenvalue weighted by Crippen LogP contribution is 2.48. The number of aliphatic hydroxyl groups excluding tert-OH is 6. The molecule has 22 unspecified atom stereocenters. The first-order valence-corrected chi connectivity index (χ1v) is 38.1. The van der Waals surface area contributed by atoms with Crippen molar-refractivity contribution in [3.63, 3.8) is 0 Å². The van der Waals surface area contributed by atoms with E-state index in [1.54, 1.807) is 31.2 Å². The van der Waals surface area contributed by atoms with Gasteiger partial charge in [0.1, 0.15) is 43.2 Å². The van der Waals surface area contributed by atoms with Gasteiger partial charge in [-0.2, -0.15) is 25.3 Å². The number of fused-ring (bicyclic) bond motifs is 1. The number of esters is 2. The monoisotopic (exact) mass is 1470 g/mol. The van der Waals surface area contributed by atoms with E-state index in [1.807, 2.05) is 26.0 Å². The number of hydrogen-bond acceptors (Lipinski definition) is 27. The maximum Gasteiger partial charge on any atom is 0.397 e. The quantitative estimate of drug-likeness (QED) is 0.0135. The van der Waals surface area contributed by atoms with E-state index in [1.165, 1.54) is 19.1 Å². The van der Waals surface area contributed by atoms with Gasteiger partial charge in [0.25, 0.3) is 0 Å². The van der Waals surface area contributed by atoms with Gasteiger partial charge < -0.3 is 78.4 Å². The molecule has 0 amide bonds. The molecule has 0 saturated carbocycles. The van der Waals surface area contributed by atoms with Crippen LogP contribution in [0.4, 0.5) is 0 Å². The first-order chi connectivity index (χ1) is 46.3. The Bertz CT molecular complexity index is 3180. The van der Waals surface area contributed by atoms with Crippen LogP contribution < -0.4 is 0 Å². The predicted molar refractivity (Wildman–Crippen MR) is 350 cm³/mol. The number of carbonyl (C=O) groups excluding carboxylic acids is 2. The number of hydrogen-bond donors (Lipinski definition) is 10. The fraction of sp³-hybridized carbons (Fsp3) is 0.788. The number of carbonyl (C=O) groups is 2. The summed E-state index contributed by atoms with van der Waals surface area (Å²) in [6, 6.07) is 0. The number of rotatable bonds is 34. The van der Waals surface area contributed by atoms with Gasteiger partial charge in [0, 0.05) is 50.9 Å². The molecule has 7 rings (SSSR count). The normalized spacial score (nSPS) is 33.6. The van der Waals surface area contributed by atoms with Crippen molar-refractivity contribution in [2.24, 2.45) is 17.8 Å². The molecule has 0 aromatic carbocycles. The van der Waals surface area contributed by atoms with Crippen LogP contribution in [0.3, 0.4) is 0 Å². The van der Waals surface area contributed by atoms with Gasteiger partial charge in [-0.25, -0.2) is 17.3 Å². The molecule has 0 aromatic heterocycles. The van der Waals surface area contributed by atoms with E-state index in [0.29, 0.717) is 75.0 Å². The third kappa shape index (κ3) is 25.1. The molecule has 566 valence electrons. The third-order valence-corrected chi connectivity index (χ3v) is 20.7. The van der Waals surface area contributed by atoms with Crippen molar-refractivity contribution in [1.29, 1.82) is 0 Å². The zero-order valence-corrected chi connectivity index (χ0v) is 59.5. The molecular formula is C66H104O30S3. The predicted octanol–water partition coefficient (Wildman–Crippen LogP) is 4.89. The molecule has 7 aliphatic heterocycles. The van der Waals surface area contributed by atoms with E-state index in [2.05, 4.69) is 33.0 Å². The second-order valence-corrected chi connectivity index (χ2v) is 31.1. The van der Waals surface area contributed by atoms with Gasteiger partial charge in [-0.05, 0) is 127 Å². The van der Waals surface area contributed by atoms with E-state index in [9.17, 15) is 75.1 Å². The van der Waals surface area contributed by atoms with Crippen molar-refractivity contribution >= 4 is 43.1 Å². The number of ether oxygens (including phenoxy) is 9. The first-order valence-electron chi connectivity index (χ1n) is 34.0. The summed E-state index contributed by atoms with van der Waals surface area (Å²) in [6.45, 7) is 14.6. The second kappa shape index (κ2) is 35.9. The fourth-order valence-electron chi connectivity index (χ4n) is 14.1. The largest absolute Gasteiger partial charge is 0.465 e. The molecule has 0 aliphatic carbocycles. The van der Waals surface area contributed by atoms with Crippen LogP contribution in [-0.2, 0) is 96.0 Å². The molecule has 7 heterocycles. The molecule has 10 N–H and O–H groups in total. The van der Waals surface area contributed by atoms with E-state index >= 15 is 0 Å².